The number of carboxylic acids is 1. The Hall–Kier alpha value is -2.55. The van der Waals surface area contributed by atoms with Crippen molar-refractivity contribution in [3.05, 3.63) is 29.8 Å². The van der Waals surface area contributed by atoms with Crippen molar-refractivity contribution < 1.29 is 14.7 Å². The van der Waals surface area contributed by atoms with Crippen molar-refractivity contribution >= 4 is 17.7 Å². The second-order valence-corrected chi connectivity index (χ2v) is 4.22. The summed E-state index contributed by atoms with van der Waals surface area (Å²) in [7, 11) is 1.62. The van der Waals surface area contributed by atoms with Gasteiger partial charge in [0.1, 0.15) is 0 Å². The normalized spacial score (nSPS) is 9.65. The smallest absolute Gasteiger partial charge is 0.324 e. The van der Waals surface area contributed by atoms with Crippen LogP contribution in [0.2, 0.25) is 0 Å². The van der Waals surface area contributed by atoms with Gasteiger partial charge in [0.15, 0.2) is 0 Å². The summed E-state index contributed by atoms with van der Waals surface area (Å²) >= 11 is 0. The second kappa shape index (κ2) is 7.14. The summed E-state index contributed by atoms with van der Waals surface area (Å²) in [6.07, 6.45) is -0.0825. The monoisotopic (exact) mass is 275 g/mol. The van der Waals surface area contributed by atoms with E-state index in [1.807, 2.05) is 6.07 Å². The maximum atomic E-state index is 12.2. The van der Waals surface area contributed by atoms with E-state index in [9.17, 15) is 9.59 Å². The van der Waals surface area contributed by atoms with Crippen LogP contribution in [0.25, 0.3) is 0 Å². The third-order valence-electron chi connectivity index (χ3n) is 2.92. The molecular formula is C14H17N3O3. The van der Waals surface area contributed by atoms with Gasteiger partial charge in [0, 0.05) is 25.8 Å². The van der Waals surface area contributed by atoms with E-state index in [-0.39, 0.29) is 19.0 Å². The molecule has 6 nitrogen and oxygen atoms in total. The van der Waals surface area contributed by atoms with E-state index in [1.54, 1.807) is 38.2 Å². The predicted octanol–water partition coefficient (Wildman–Crippen LogP) is 1.91. The third-order valence-corrected chi connectivity index (χ3v) is 2.92. The largest absolute Gasteiger partial charge is 0.481 e. The Morgan fingerprint density at radius 2 is 1.90 bits per heavy atom. The molecule has 1 aromatic carbocycles. The van der Waals surface area contributed by atoms with Crippen LogP contribution in [0.4, 0.5) is 10.5 Å². The first kappa shape index (κ1) is 15.5. The fraction of sp³-hybridized carbons (Fsp3) is 0.357. The van der Waals surface area contributed by atoms with Crippen LogP contribution in [-0.4, -0.2) is 42.1 Å². The quantitative estimate of drug-likeness (QED) is 0.889. The molecule has 0 saturated carbocycles. The number of amides is 2. The van der Waals surface area contributed by atoms with E-state index in [1.165, 1.54) is 9.80 Å². The highest BCUT2D eigenvalue weighted by Gasteiger charge is 2.18. The average Bonchev–Trinajstić information content (AvgIpc) is 2.46. The summed E-state index contributed by atoms with van der Waals surface area (Å²) in [5, 5.41) is 17.4. The van der Waals surface area contributed by atoms with E-state index in [0.29, 0.717) is 17.8 Å². The summed E-state index contributed by atoms with van der Waals surface area (Å²) in [6.45, 7) is 2.41. The molecule has 0 bridgehead atoms. The molecular weight excluding hydrogens is 258 g/mol. The molecule has 0 aromatic heterocycles. The van der Waals surface area contributed by atoms with Gasteiger partial charge < -0.3 is 10.0 Å². The minimum Gasteiger partial charge on any atom is -0.481 e. The van der Waals surface area contributed by atoms with Gasteiger partial charge in [0.25, 0.3) is 0 Å². The van der Waals surface area contributed by atoms with Gasteiger partial charge in [-0.05, 0) is 31.2 Å². The van der Waals surface area contributed by atoms with Crippen LogP contribution in [0, 0.1) is 11.3 Å². The van der Waals surface area contributed by atoms with Crippen molar-refractivity contribution in [2.45, 2.75) is 13.3 Å². The lowest BCUT2D eigenvalue weighted by Gasteiger charge is -2.26. The Kier molecular flexibility index (Phi) is 5.54. The van der Waals surface area contributed by atoms with Gasteiger partial charge in [0.05, 0.1) is 18.1 Å². The zero-order valence-electron chi connectivity index (χ0n) is 11.5. The average molecular weight is 275 g/mol. The first-order chi connectivity index (χ1) is 9.49. The van der Waals surface area contributed by atoms with Crippen molar-refractivity contribution in [2.75, 3.05) is 25.0 Å². The Bertz CT molecular complexity index is 519. The molecule has 0 aliphatic carbocycles. The fourth-order valence-electron chi connectivity index (χ4n) is 1.70. The van der Waals surface area contributed by atoms with Gasteiger partial charge in [-0.15, -0.1) is 0 Å². The molecule has 0 heterocycles. The Morgan fingerprint density at radius 3 is 2.35 bits per heavy atom. The van der Waals surface area contributed by atoms with Crippen LogP contribution in [0.15, 0.2) is 24.3 Å². The molecule has 6 heteroatoms. The lowest BCUT2D eigenvalue weighted by atomic mass is 10.2. The number of anilines is 1. The van der Waals surface area contributed by atoms with Gasteiger partial charge in [-0.2, -0.15) is 5.26 Å². The van der Waals surface area contributed by atoms with Crippen LogP contribution in [0.3, 0.4) is 0 Å². The lowest BCUT2D eigenvalue weighted by Crippen LogP contribution is -2.42. The molecule has 0 fully saturated rings. The molecule has 0 saturated heterocycles. The van der Waals surface area contributed by atoms with Gasteiger partial charge in [-0.3, -0.25) is 9.69 Å². The number of carbonyl (C=O) groups is 2. The molecule has 0 radical (unpaired) electrons. The molecule has 2 amide bonds. The summed E-state index contributed by atoms with van der Waals surface area (Å²) in [5.74, 6) is -0.933. The molecule has 20 heavy (non-hydrogen) atoms. The number of rotatable bonds is 5. The molecule has 0 unspecified atom stereocenters. The van der Waals surface area contributed by atoms with Crippen molar-refractivity contribution in [3.8, 4) is 6.07 Å². The molecule has 106 valence electrons. The minimum atomic E-state index is -0.933. The topological polar surface area (TPSA) is 84.6 Å². The fourth-order valence-corrected chi connectivity index (χ4v) is 1.70. The summed E-state index contributed by atoms with van der Waals surface area (Å²) in [5.41, 5.74) is 1.18. The van der Waals surface area contributed by atoms with E-state index in [4.69, 9.17) is 10.4 Å². The van der Waals surface area contributed by atoms with Crippen molar-refractivity contribution in [3.63, 3.8) is 0 Å². The third kappa shape index (κ3) is 3.99. The van der Waals surface area contributed by atoms with E-state index in [2.05, 4.69) is 0 Å². The highest BCUT2D eigenvalue weighted by molar-refractivity contribution is 5.91. The Labute approximate surface area is 117 Å². The van der Waals surface area contributed by atoms with Crippen LogP contribution >= 0.6 is 0 Å². The maximum absolute atomic E-state index is 12.2. The molecule has 1 aromatic rings. The Balaban J connectivity index is 2.77. The number of nitriles is 1. The van der Waals surface area contributed by atoms with Crippen LogP contribution in [-0.2, 0) is 4.79 Å². The summed E-state index contributed by atoms with van der Waals surface area (Å²) in [4.78, 5) is 25.7. The number of carbonyl (C=O) groups excluding carboxylic acids is 1. The zero-order valence-corrected chi connectivity index (χ0v) is 11.5. The predicted molar refractivity (Wildman–Crippen MR) is 74.5 cm³/mol. The summed E-state index contributed by atoms with van der Waals surface area (Å²) < 4.78 is 0. The number of urea groups is 1. The molecule has 0 spiro atoms. The number of carboxylic acid groups (broad SMARTS) is 1. The second-order valence-electron chi connectivity index (χ2n) is 4.22. The molecule has 0 atom stereocenters. The Morgan fingerprint density at radius 1 is 1.30 bits per heavy atom. The molecule has 0 aliphatic heterocycles. The SMILES string of the molecule is CCN(CCC(=O)O)C(=O)N(C)c1ccc(C#N)cc1. The van der Waals surface area contributed by atoms with Gasteiger partial charge >= 0.3 is 12.0 Å². The van der Waals surface area contributed by atoms with Crippen LogP contribution in [0.1, 0.15) is 18.9 Å². The zero-order chi connectivity index (χ0) is 15.1. The first-order valence-corrected chi connectivity index (χ1v) is 6.24. The van der Waals surface area contributed by atoms with Crippen molar-refractivity contribution in [1.82, 2.24) is 4.90 Å². The van der Waals surface area contributed by atoms with E-state index in [0.717, 1.165) is 0 Å². The first-order valence-electron chi connectivity index (χ1n) is 6.24. The molecule has 0 aliphatic rings. The summed E-state index contributed by atoms with van der Waals surface area (Å²) in [6, 6.07) is 8.37. The van der Waals surface area contributed by atoms with Gasteiger partial charge in [-0.25, -0.2) is 4.79 Å². The highest BCUT2D eigenvalue weighted by Crippen LogP contribution is 2.15. The van der Waals surface area contributed by atoms with E-state index < -0.39 is 5.97 Å². The minimum absolute atomic E-state index is 0.0825. The van der Waals surface area contributed by atoms with Crippen LogP contribution < -0.4 is 4.90 Å². The highest BCUT2D eigenvalue weighted by atomic mass is 16.4. The molecule has 1 rings (SSSR count). The number of hydrogen-bond acceptors (Lipinski definition) is 3. The number of nitrogens with zero attached hydrogens (tertiary/aromatic N) is 3. The lowest BCUT2D eigenvalue weighted by molar-refractivity contribution is -0.137. The maximum Gasteiger partial charge on any atom is 0.324 e. The standard InChI is InChI=1S/C14H17N3O3/c1-3-17(9-8-13(18)19)14(20)16(2)12-6-4-11(10-15)5-7-12/h4-7H,3,8-9H2,1-2H3,(H,18,19). The van der Waals surface area contributed by atoms with Crippen LogP contribution in [0.5, 0.6) is 0 Å². The van der Waals surface area contributed by atoms with Gasteiger partial charge in [0.2, 0.25) is 0 Å². The van der Waals surface area contributed by atoms with Crippen molar-refractivity contribution in [2.24, 2.45) is 0 Å². The molecule has 1 N–H and O–H groups in total. The number of benzene rings is 1. The number of aliphatic carboxylic acids is 1. The van der Waals surface area contributed by atoms with Crippen molar-refractivity contribution in [1.29, 1.82) is 5.26 Å². The van der Waals surface area contributed by atoms with E-state index >= 15 is 0 Å². The number of hydrogen-bond donors (Lipinski definition) is 1. The van der Waals surface area contributed by atoms with Gasteiger partial charge in [-0.1, -0.05) is 0 Å².